The molecule has 0 saturated carbocycles. The summed E-state index contributed by atoms with van der Waals surface area (Å²) in [5.74, 6) is 7.02. The van der Waals surface area contributed by atoms with E-state index in [1.54, 1.807) is 6.33 Å². The van der Waals surface area contributed by atoms with E-state index in [4.69, 9.17) is 5.84 Å². The Bertz CT molecular complexity index is 545. The van der Waals surface area contributed by atoms with Crippen LogP contribution >= 0.6 is 0 Å². The van der Waals surface area contributed by atoms with Gasteiger partial charge < -0.3 is 5.43 Å². The van der Waals surface area contributed by atoms with E-state index in [9.17, 15) is 0 Å². The molecule has 0 bridgehead atoms. The van der Waals surface area contributed by atoms with E-state index in [0.29, 0.717) is 5.82 Å². The average molecular weight is 246 g/mol. The smallest absolute Gasteiger partial charge is 0.148 e. The van der Waals surface area contributed by atoms with Crippen molar-refractivity contribution in [2.24, 2.45) is 5.84 Å². The van der Waals surface area contributed by atoms with E-state index in [2.05, 4.69) is 27.3 Å². The van der Waals surface area contributed by atoms with E-state index in [1.807, 2.05) is 18.4 Å². The van der Waals surface area contributed by atoms with Crippen LogP contribution in [-0.4, -0.2) is 19.5 Å². The third kappa shape index (κ3) is 2.06. The minimum atomic E-state index is 0.674. The maximum atomic E-state index is 5.51. The summed E-state index contributed by atoms with van der Waals surface area (Å²) in [6.07, 6.45) is 5.17. The van der Waals surface area contributed by atoms with Crippen molar-refractivity contribution >= 4 is 5.82 Å². The Hall–Kier alpha value is -1.95. The number of anilines is 1. The van der Waals surface area contributed by atoms with Gasteiger partial charge in [0.15, 0.2) is 0 Å². The molecule has 6 nitrogen and oxygen atoms in total. The zero-order valence-electron chi connectivity index (χ0n) is 10.9. The monoisotopic (exact) mass is 246 g/mol. The van der Waals surface area contributed by atoms with Crippen LogP contribution < -0.4 is 11.3 Å². The highest BCUT2D eigenvalue weighted by Gasteiger charge is 2.14. The largest absolute Gasteiger partial charge is 0.308 e. The maximum absolute atomic E-state index is 5.51. The molecule has 0 atom stereocenters. The molecule has 0 saturated heterocycles. The lowest BCUT2D eigenvalue weighted by molar-refractivity contribution is 0.849. The molecule has 0 radical (unpaired) electrons. The normalized spacial score (nSPS) is 10.7. The van der Waals surface area contributed by atoms with Gasteiger partial charge in [0.1, 0.15) is 24.3 Å². The molecule has 0 spiro atoms. The minimum absolute atomic E-state index is 0.674. The highest BCUT2D eigenvalue weighted by molar-refractivity contribution is 5.51. The molecule has 2 aromatic rings. The first kappa shape index (κ1) is 12.5. The molecule has 0 aliphatic heterocycles. The SMILES string of the molecule is CCCc1c(NN)ncnc1-n1cnc(C)c1C. The summed E-state index contributed by atoms with van der Waals surface area (Å²) in [6, 6.07) is 0. The highest BCUT2D eigenvalue weighted by atomic mass is 15.3. The van der Waals surface area contributed by atoms with E-state index in [1.165, 1.54) is 6.33 Å². The van der Waals surface area contributed by atoms with Gasteiger partial charge in [-0.15, -0.1) is 0 Å². The zero-order valence-corrected chi connectivity index (χ0v) is 10.9. The fourth-order valence-electron chi connectivity index (χ4n) is 1.93. The molecule has 0 aromatic carbocycles. The number of aromatic nitrogens is 4. The fraction of sp³-hybridized carbons (Fsp3) is 0.417. The molecule has 18 heavy (non-hydrogen) atoms. The Morgan fingerprint density at radius 1 is 1.28 bits per heavy atom. The lowest BCUT2D eigenvalue weighted by Crippen LogP contribution is -2.14. The van der Waals surface area contributed by atoms with Gasteiger partial charge in [-0.25, -0.2) is 20.8 Å². The number of hydrogen-bond acceptors (Lipinski definition) is 5. The molecule has 0 unspecified atom stereocenters. The Morgan fingerprint density at radius 2 is 2.06 bits per heavy atom. The average Bonchev–Trinajstić information content (AvgIpc) is 2.71. The topological polar surface area (TPSA) is 81.6 Å². The van der Waals surface area contributed by atoms with Gasteiger partial charge in [-0.05, 0) is 20.3 Å². The third-order valence-corrected chi connectivity index (χ3v) is 3.04. The van der Waals surface area contributed by atoms with Crippen LogP contribution in [0, 0.1) is 13.8 Å². The summed E-state index contributed by atoms with van der Waals surface area (Å²) < 4.78 is 1.98. The summed E-state index contributed by atoms with van der Waals surface area (Å²) in [4.78, 5) is 12.8. The zero-order chi connectivity index (χ0) is 13.1. The van der Waals surface area contributed by atoms with Gasteiger partial charge in [0.2, 0.25) is 0 Å². The van der Waals surface area contributed by atoms with Crippen LogP contribution in [0.4, 0.5) is 5.82 Å². The number of hydrogen-bond donors (Lipinski definition) is 2. The molecule has 6 heteroatoms. The number of rotatable bonds is 4. The van der Waals surface area contributed by atoms with Crippen LogP contribution in [0.5, 0.6) is 0 Å². The lowest BCUT2D eigenvalue weighted by atomic mass is 10.1. The van der Waals surface area contributed by atoms with E-state index >= 15 is 0 Å². The number of nitrogens with zero attached hydrogens (tertiary/aromatic N) is 4. The van der Waals surface area contributed by atoms with Gasteiger partial charge >= 0.3 is 0 Å². The molecular weight excluding hydrogens is 228 g/mol. The molecule has 2 aromatic heterocycles. The van der Waals surface area contributed by atoms with Crippen molar-refractivity contribution in [3.05, 3.63) is 29.6 Å². The first-order valence-corrected chi connectivity index (χ1v) is 6.00. The van der Waals surface area contributed by atoms with Crippen molar-refractivity contribution in [2.45, 2.75) is 33.6 Å². The van der Waals surface area contributed by atoms with Crippen molar-refractivity contribution in [3.63, 3.8) is 0 Å². The van der Waals surface area contributed by atoms with Crippen LogP contribution in [0.25, 0.3) is 5.82 Å². The maximum Gasteiger partial charge on any atom is 0.148 e. The summed E-state index contributed by atoms with van der Waals surface area (Å²) in [6.45, 7) is 6.12. The molecule has 2 heterocycles. The van der Waals surface area contributed by atoms with Gasteiger partial charge in [0, 0.05) is 11.3 Å². The predicted molar refractivity (Wildman–Crippen MR) is 70.4 cm³/mol. The Balaban J connectivity index is 2.59. The van der Waals surface area contributed by atoms with Crippen LogP contribution in [0.15, 0.2) is 12.7 Å². The lowest BCUT2D eigenvalue weighted by Gasteiger charge is -2.13. The highest BCUT2D eigenvalue weighted by Crippen LogP contribution is 2.22. The minimum Gasteiger partial charge on any atom is -0.308 e. The quantitative estimate of drug-likeness (QED) is 0.631. The van der Waals surface area contributed by atoms with Crippen LogP contribution in [0.1, 0.15) is 30.3 Å². The second-order valence-electron chi connectivity index (χ2n) is 4.20. The van der Waals surface area contributed by atoms with Crippen molar-refractivity contribution in [2.75, 3.05) is 5.43 Å². The number of aryl methyl sites for hydroxylation is 1. The number of hydrazine groups is 1. The molecule has 0 aliphatic carbocycles. The van der Waals surface area contributed by atoms with Crippen molar-refractivity contribution in [1.29, 1.82) is 0 Å². The summed E-state index contributed by atoms with van der Waals surface area (Å²) >= 11 is 0. The molecule has 0 fully saturated rings. The first-order chi connectivity index (χ1) is 8.69. The number of imidazole rings is 1. The van der Waals surface area contributed by atoms with Gasteiger partial charge in [-0.3, -0.25) is 4.57 Å². The summed E-state index contributed by atoms with van der Waals surface area (Å²) in [7, 11) is 0. The molecule has 96 valence electrons. The second kappa shape index (κ2) is 5.14. The van der Waals surface area contributed by atoms with Crippen LogP contribution in [0.2, 0.25) is 0 Å². The Kier molecular flexibility index (Phi) is 3.57. The number of nitrogen functional groups attached to an aromatic ring is 1. The fourth-order valence-corrected chi connectivity index (χ4v) is 1.93. The molecular formula is C12H18N6. The van der Waals surface area contributed by atoms with Gasteiger partial charge in [-0.1, -0.05) is 13.3 Å². The number of nitrogens with two attached hydrogens (primary N) is 1. The second-order valence-corrected chi connectivity index (χ2v) is 4.20. The Morgan fingerprint density at radius 3 is 2.61 bits per heavy atom. The summed E-state index contributed by atoms with van der Waals surface area (Å²) in [5.41, 5.74) is 5.72. The standard InChI is InChI=1S/C12H18N6/c1-4-5-10-11(17-13)14-6-15-12(10)18-7-16-8(2)9(18)3/h6-7H,4-5,13H2,1-3H3,(H,14,15,17). The number of nitrogens with one attached hydrogen (secondary N) is 1. The molecule has 0 amide bonds. The molecule has 0 aliphatic rings. The third-order valence-electron chi connectivity index (χ3n) is 3.04. The van der Waals surface area contributed by atoms with E-state index < -0.39 is 0 Å². The summed E-state index contributed by atoms with van der Waals surface area (Å²) in [5, 5.41) is 0. The van der Waals surface area contributed by atoms with E-state index in [-0.39, 0.29) is 0 Å². The Labute approximate surface area is 106 Å². The van der Waals surface area contributed by atoms with Crippen molar-refractivity contribution in [1.82, 2.24) is 19.5 Å². The molecule has 3 N–H and O–H groups in total. The van der Waals surface area contributed by atoms with Crippen LogP contribution in [-0.2, 0) is 6.42 Å². The van der Waals surface area contributed by atoms with Crippen molar-refractivity contribution < 1.29 is 0 Å². The molecule has 2 rings (SSSR count). The van der Waals surface area contributed by atoms with Gasteiger partial charge in [-0.2, -0.15) is 0 Å². The predicted octanol–water partition coefficient (Wildman–Crippen LogP) is 1.52. The van der Waals surface area contributed by atoms with Gasteiger partial charge in [0.25, 0.3) is 0 Å². The van der Waals surface area contributed by atoms with Crippen molar-refractivity contribution in [3.8, 4) is 5.82 Å². The van der Waals surface area contributed by atoms with Gasteiger partial charge in [0.05, 0.1) is 5.69 Å². The van der Waals surface area contributed by atoms with Crippen LogP contribution in [0.3, 0.4) is 0 Å². The van der Waals surface area contributed by atoms with E-state index in [0.717, 1.165) is 35.6 Å². The first-order valence-electron chi connectivity index (χ1n) is 6.00.